The van der Waals surface area contributed by atoms with Gasteiger partial charge in [-0.2, -0.15) is 0 Å². The van der Waals surface area contributed by atoms with Crippen molar-refractivity contribution < 1.29 is 18.7 Å². The van der Waals surface area contributed by atoms with Gasteiger partial charge in [-0.05, 0) is 50.3 Å². The van der Waals surface area contributed by atoms with Gasteiger partial charge >= 0.3 is 5.97 Å². The predicted octanol–water partition coefficient (Wildman–Crippen LogP) is 3.34. The number of carbonyl (C=O) groups is 1. The van der Waals surface area contributed by atoms with Gasteiger partial charge in [-0.3, -0.25) is 9.79 Å². The summed E-state index contributed by atoms with van der Waals surface area (Å²) in [6.45, 7) is 6.39. The van der Waals surface area contributed by atoms with Gasteiger partial charge in [0.2, 0.25) is 0 Å². The van der Waals surface area contributed by atoms with Gasteiger partial charge in [-0.1, -0.05) is 12.1 Å². The standard InChI is InChI=1S/C22H32FN3O3.HI/c1-3-24-21(26-12-8-17(9-13-26)20(27)28-2)25-16-22(10-14-29-15-11-22)18-4-6-19(23)7-5-18;/h4-7,17H,3,8-16H2,1-2H3,(H,24,25);1H. The molecule has 1 aromatic rings. The molecule has 3 rings (SSSR count). The van der Waals surface area contributed by atoms with Crippen LogP contribution >= 0.6 is 24.0 Å². The highest BCUT2D eigenvalue weighted by Crippen LogP contribution is 2.35. The summed E-state index contributed by atoms with van der Waals surface area (Å²) >= 11 is 0. The van der Waals surface area contributed by atoms with Crippen molar-refractivity contribution in [2.45, 2.75) is 38.0 Å². The van der Waals surface area contributed by atoms with Crippen molar-refractivity contribution in [2.24, 2.45) is 10.9 Å². The van der Waals surface area contributed by atoms with E-state index >= 15 is 0 Å². The molecule has 1 N–H and O–H groups in total. The monoisotopic (exact) mass is 533 g/mol. The molecule has 2 aliphatic rings. The Kier molecular flexibility index (Phi) is 9.80. The van der Waals surface area contributed by atoms with E-state index < -0.39 is 0 Å². The van der Waals surface area contributed by atoms with Crippen molar-refractivity contribution in [1.82, 2.24) is 10.2 Å². The van der Waals surface area contributed by atoms with Gasteiger partial charge in [0.1, 0.15) is 5.82 Å². The first-order chi connectivity index (χ1) is 14.1. The van der Waals surface area contributed by atoms with Crippen LogP contribution in [0.5, 0.6) is 0 Å². The summed E-state index contributed by atoms with van der Waals surface area (Å²) in [7, 11) is 1.45. The SMILES string of the molecule is CCNC(=NCC1(c2ccc(F)cc2)CCOCC1)N1CCC(C(=O)OC)CC1.I. The number of esters is 1. The van der Waals surface area contributed by atoms with Crippen molar-refractivity contribution >= 4 is 35.9 Å². The molecule has 2 aliphatic heterocycles. The molecule has 0 spiro atoms. The Balaban J connectivity index is 0.00000320. The molecule has 0 bridgehead atoms. The van der Waals surface area contributed by atoms with E-state index in [1.54, 1.807) is 0 Å². The van der Waals surface area contributed by atoms with Crippen molar-refractivity contribution in [3.63, 3.8) is 0 Å². The van der Waals surface area contributed by atoms with Gasteiger partial charge in [0.25, 0.3) is 0 Å². The van der Waals surface area contributed by atoms with Crippen molar-refractivity contribution in [2.75, 3.05) is 46.5 Å². The molecule has 0 aromatic heterocycles. The highest BCUT2D eigenvalue weighted by atomic mass is 127. The first-order valence-electron chi connectivity index (χ1n) is 10.5. The van der Waals surface area contributed by atoms with E-state index in [2.05, 4.69) is 17.1 Å². The van der Waals surface area contributed by atoms with E-state index in [1.165, 1.54) is 19.2 Å². The van der Waals surface area contributed by atoms with Crippen LogP contribution in [-0.4, -0.2) is 63.3 Å². The molecule has 0 saturated carbocycles. The number of rotatable bonds is 5. The first-order valence-corrected chi connectivity index (χ1v) is 10.5. The molecule has 0 atom stereocenters. The molecule has 0 radical (unpaired) electrons. The molecular formula is C22H33FIN3O3. The number of likely N-dealkylation sites (tertiary alicyclic amines) is 1. The number of aliphatic imine (C=N–C) groups is 1. The Morgan fingerprint density at radius 1 is 1.27 bits per heavy atom. The first kappa shape index (κ1) is 24.8. The van der Waals surface area contributed by atoms with Gasteiger partial charge in [0.05, 0.1) is 19.6 Å². The van der Waals surface area contributed by atoms with Crippen LogP contribution in [0.4, 0.5) is 4.39 Å². The third kappa shape index (κ3) is 6.06. The quantitative estimate of drug-likeness (QED) is 0.272. The number of piperidine rings is 1. The summed E-state index contributed by atoms with van der Waals surface area (Å²) in [6, 6.07) is 6.81. The number of methoxy groups -OCH3 is 1. The zero-order chi connectivity index (χ0) is 20.7. The third-order valence-electron chi connectivity index (χ3n) is 6.10. The Bertz CT molecular complexity index is 700. The maximum absolute atomic E-state index is 13.4. The molecular weight excluding hydrogens is 500 g/mol. The lowest BCUT2D eigenvalue weighted by Gasteiger charge is -2.38. The van der Waals surface area contributed by atoms with Crippen LogP contribution in [-0.2, 0) is 19.7 Å². The van der Waals surface area contributed by atoms with Crippen LogP contribution in [0.2, 0.25) is 0 Å². The molecule has 0 aliphatic carbocycles. The molecule has 0 amide bonds. The summed E-state index contributed by atoms with van der Waals surface area (Å²) in [4.78, 5) is 19.0. The van der Waals surface area contributed by atoms with Crippen LogP contribution in [0.1, 0.15) is 38.2 Å². The van der Waals surface area contributed by atoms with Crippen LogP contribution < -0.4 is 5.32 Å². The number of benzene rings is 1. The third-order valence-corrected chi connectivity index (χ3v) is 6.10. The van der Waals surface area contributed by atoms with E-state index in [9.17, 15) is 9.18 Å². The summed E-state index contributed by atoms with van der Waals surface area (Å²) in [5.74, 6) is 0.509. The minimum Gasteiger partial charge on any atom is -0.469 e. The molecule has 8 heteroatoms. The van der Waals surface area contributed by atoms with Crippen LogP contribution in [0.25, 0.3) is 0 Å². The number of guanidine groups is 1. The number of nitrogens with zero attached hydrogens (tertiary/aromatic N) is 2. The highest BCUT2D eigenvalue weighted by Gasteiger charge is 2.35. The maximum atomic E-state index is 13.4. The van der Waals surface area contributed by atoms with Crippen LogP contribution in [0.15, 0.2) is 29.3 Å². The molecule has 2 heterocycles. The lowest BCUT2D eigenvalue weighted by atomic mass is 9.74. The minimum absolute atomic E-state index is 0. The number of carbonyl (C=O) groups excluding carboxylic acids is 1. The number of hydrogen-bond acceptors (Lipinski definition) is 4. The maximum Gasteiger partial charge on any atom is 0.308 e. The Hall–Kier alpha value is -1.42. The predicted molar refractivity (Wildman–Crippen MR) is 126 cm³/mol. The normalized spacial score (nSPS) is 19.7. The molecule has 1 aromatic carbocycles. The average molecular weight is 533 g/mol. The van der Waals surface area contributed by atoms with E-state index in [-0.39, 0.29) is 47.1 Å². The van der Waals surface area contributed by atoms with E-state index in [4.69, 9.17) is 14.5 Å². The fourth-order valence-corrected chi connectivity index (χ4v) is 4.25. The smallest absolute Gasteiger partial charge is 0.308 e. The second-order valence-corrected chi connectivity index (χ2v) is 7.85. The van der Waals surface area contributed by atoms with Gasteiger partial charge < -0.3 is 19.7 Å². The number of hydrogen-bond donors (Lipinski definition) is 1. The molecule has 30 heavy (non-hydrogen) atoms. The Labute approximate surface area is 195 Å². The largest absolute Gasteiger partial charge is 0.469 e. The van der Waals surface area contributed by atoms with Crippen molar-refractivity contribution in [3.8, 4) is 0 Å². The second kappa shape index (κ2) is 11.8. The van der Waals surface area contributed by atoms with Gasteiger partial charge in [-0.25, -0.2) is 4.39 Å². The van der Waals surface area contributed by atoms with Crippen LogP contribution in [0.3, 0.4) is 0 Å². The molecule has 2 fully saturated rings. The molecule has 2 saturated heterocycles. The molecule has 0 unspecified atom stereocenters. The Morgan fingerprint density at radius 3 is 2.47 bits per heavy atom. The fourth-order valence-electron chi connectivity index (χ4n) is 4.25. The fraction of sp³-hybridized carbons (Fsp3) is 0.636. The van der Waals surface area contributed by atoms with Gasteiger partial charge in [-0.15, -0.1) is 24.0 Å². The molecule has 6 nitrogen and oxygen atoms in total. The van der Waals surface area contributed by atoms with Gasteiger partial charge in [0, 0.05) is 38.3 Å². The Morgan fingerprint density at radius 2 is 1.90 bits per heavy atom. The van der Waals surface area contributed by atoms with E-state index in [0.29, 0.717) is 19.8 Å². The van der Waals surface area contributed by atoms with Crippen LogP contribution in [0, 0.1) is 11.7 Å². The number of ether oxygens (including phenoxy) is 2. The average Bonchev–Trinajstić information content (AvgIpc) is 2.77. The number of halogens is 2. The minimum atomic E-state index is -0.221. The summed E-state index contributed by atoms with van der Waals surface area (Å²) in [6.07, 6.45) is 3.28. The zero-order valence-corrected chi connectivity index (χ0v) is 20.2. The van der Waals surface area contributed by atoms with E-state index in [0.717, 1.165) is 56.8 Å². The second-order valence-electron chi connectivity index (χ2n) is 7.85. The van der Waals surface area contributed by atoms with E-state index in [1.807, 2.05) is 12.1 Å². The molecule has 168 valence electrons. The summed E-state index contributed by atoms with van der Waals surface area (Å²) in [5.41, 5.74) is 0.975. The lowest BCUT2D eigenvalue weighted by Crippen LogP contribution is -2.47. The summed E-state index contributed by atoms with van der Waals surface area (Å²) in [5, 5.41) is 3.40. The highest BCUT2D eigenvalue weighted by molar-refractivity contribution is 14.0. The zero-order valence-electron chi connectivity index (χ0n) is 17.9. The lowest BCUT2D eigenvalue weighted by molar-refractivity contribution is -0.146. The van der Waals surface area contributed by atoms with Crippen molar-refractivity contribution in [3.05, 3.63) is 35.6 Å². The van der Waals surface area contributed by atoms with Crippen molar-refractivity contribution in [1.29, 1.82) is 0 Å². The number of nitrogens with one attached hydrogen (secondary N) is 1. The van der Waals surface area contributed by atoms with Gasteiger partial charge in [0.15, 0.2) is 5.96 Å². The topological polar surface area (TPSA) is 63.2 Å². The summed E-state index contributed by atoms with van der Waals surface area (Å²) < 4.78 is 23.9.